The van der Waals surface area contributed by atoms with Crippen LogP contribution in [0.3, 0.4) is 0 Å². The first-order valence-electron chi connectivity index (χ1n) is 21.8. The van der Waals surface area contributed by atoms with Crippen molar-refractivity contribution in [1.82, 2.24) is 0 Å². The van der Waals surface area contributed by atoms with Crippen molar-refractivity contribution in [3.05, 3.63) is 35.9 Å². The molecule has 1 aliphatic rings. The van der Waals surface area contributed by atoms with E-state index in [0.717, 1.165) is 32.3 Å². The second-order valence-electron chi connectivity index (χ2n) is 14.9. The maximum atomic E-state index is 8.64. The third kappa shape index (κ3) is 32.7. The largest absolute Gasteiger partial charge is 0.396 e. The summed E-state index contributed by atoms with van der Waals surface area (Å²) >= 11 is 0. The zero-order chi connectivity index (χ0) is 35.1. The predicted molar refractivity (Wildman–Crippen MR) is 212 cm³/mol. The quantitative estimate of drug-likeness (QED) is 0.0721. The van der Waals surface area contributed by atoms with Crippen molar-refractivity contribution in [3.63, 3.8) is 0 Å². The summed E-state index contributed by atoms with van der Waals surface area (Å²) in [5.41, 5.74) is 1.21. The average Bonchev–Trinajstić information content (AvgIpc) is 3.58. The number of benzene rings is 1. The summed E-state index contributed by atoms with van der Waals surface area (Å²) in [6.07, 6.45) is 42.3. The highest BCUT2D eigenvalue weighted by atomic mass is 16.7. The Labute approximate surface area is 306 Å². The summed E-state index contributed by atoms with van der Waals surface area (Å²) in [6, 6.07) is 10.3. The van der Waals surface area contributed by atoms with Gasteiger partial charge in [-0.2, -0.15) is 0 Å². The Kier molecular flexibility index (Phi) is 36.0. The summed E-state index contributed by atoms with van der Waals surface area (Å²) in [4.78, 5) is 0. The second kappa shape index (κ2) is 38.3. The Morgan fingerprint density at radius 3 is 1.37 bits per heavy atom. The fourth-order valence-corrected chi connectivity index (χ4v) is 6.79. The van der Waals surface area contributed by atoms with Crippen LogP contribution in [0.1, 0.15) is 218 Å². The molecule has 0 radical (unpaired) electrons. The van der Waals surface area contributed by atoms with Crippen molar-refractivity contribution < 1.29 is 19.3 Å². The molecule has 49 heavy (non-hydrogen) atoms. The Hall–Kier alpha value is -0.940. The van der Waals surface area contributed by atoms with Gasteiger partial charge in [0.25, 0.3) is 0 Å². The molecule has 1 aromatic rings. The molecule has 2 rings (SSSR count). The summed E-state index contributed by atoms with van der Waals surface area (Å²) in [6.45, 7) is 7.09. The van der Waals surface area contributed by atoms with E-state index in [4.69, 9.17) is 19.3 Å². The van der Waals surface area contributed by atoms with E-state index in [1.165, 1.54) is 179 Å². The van der Waals surface area contributed by atoms with Crippen LogP contribution in [0.5, 0.6) is 0 Å². The predicted octanol–water partition coefficient (Wildman–Crippen LogP) is 14.1. The van der Waals surface area contributed by atoms with Crippen molar-refractivity contribution in [2.24, 2.45) is 0 Å². The van der Waals surface area contributed by atoms with Gasteiger partial charge in [0.2, 0.25) is 0 Å². The van der Waals surface area contributed by atoms with Crippen LogP contribution in [0.2, 0.25) is 0 Å². The van der Waals surface area contributed by atoms with E-state index >= 15 is 0 Å². The highest BCUT2D eigenvalue weighted by molar-refractivity contribution is 5.13. The molecule has 4 heteroatoms. The second-order valence-corrected chi connectivity index (χ2v) is 14.9. The highest BCUT2D eigenvalue weighted by Crippen LogP contribution is 2.22. The van der Waals surface area contributed by atoms with Gasteiger partial charge < -0.3 is 19.3 Å². The Morgan fingerprint density at radius 2 is 0.939 bits per heavy atom. The summed E-state index contributed by atoms with van der Waals surface area (Å²) < 4.78 is 17.7. The van der Waals surface area contributed by atoms with Gasteiger partial charge in [-0.3, -0.25) is 0 Å². The van der Waals surface area contributed by atoms with Gasteiger partial charge in [0.1, 0.15) is 0 Å². The molecule has 1 aliphatic heterocycles. The van der Waals surface area contributed by atoms with E-state index in [0.29, 0.717) is 19.8 Å². The van der Waals surface area contributed by atoms with Gasteiger partial charge in [-0.05, 0) is 24.8 Å². The van der Waals surface area contributed by atoms with E-state index in [9.17, 15) is 0 Å². The first kappa shape index (κ1) is 46.1. The van der Waals surface area contributed by atoms with Gasteiger partial charge in [-0.25, -0.2) is 0 Å². The van der Waals surface area contributed by atoms with Crippen LogP contribution in [-0.4, -0.2) is 37.3 Å². The molecule has 288 valence electrons. The van der Waals surface area contributed by atoms with Crippen LogP contribution in [0.4, 0.5) is 0 Å². The van der Waals surface area contributed by atoms with Crippen LogP contribution in [0, 0.1) is 0 Å². The van der Waals surface area contributed by atoms with E-state index in [1.54, 1.807) is 0 Å². The molecule has 0 aromatic heterocycles. The lowest BCUT2D eigenvalue weighted by Crippen LogP contribution is -2.19. The molecular weight excluding hydrogens is 604 g/mol. The number of hydrogen-bond donors (Lipinski definition) is 1. The number of rotatable bonds is 35. The topological polar surface area (TPSA) is 47.9 Å². The molecule has 0 amide bonds. The molecule has 0 saturated carbocycles. The van der Waals surface area contributed by atoms with Crippen LogP contribution in [0.15, 0.2) is 30.3 Å². The molecule has 2 unspecified atom stereocenters. The lowest BCUT2D eigenvalue weighted by molar-refractivity contribution is -0.145. The molecular formula is C45H84O4. The average molecular weight is 689 g/mol. The highest BCUT2D eigenvalue weighted by Gasteiger charge is 2.25. The molecule has 1 N–H and O–H groups in total. The van der Waals surface area contributed by atoms with Gasteiger partial charge in [0, 0.05) is 19.6 Å². The van der Waals surface area contributed by atoms with Gasteiger partial charge in [0.15, 0.2) is 6.29 Å². The maximum Gasteiger partial charge on any atom is 0.158 e. The SMILES string of the molecule is CCCCCCCCCCCCCCCCCOC1CCC(COCc2ccccc2)O1.CCCCCCCCCCCCCCCCO. The Balaban J connectivity index is 0.000000598. The molecule has 2 atom stereocenters. The van der Waals surface area contributed by atoms with E-state index < -0.39 is 0 Å². The Morgan fingerprint density at radius 1 is 0.531 bits per heavy atom. The summed E-state index contributed by atoms with van der Waals surface area (Å²) in [5.74, 6) is 0. The monoisotopic (exact) mass is 689 g/mol. The van der Waals surface area contributed by atoms with Crippen molar-refractivity contribution in [3.8, 4) is 0 Å². The number of ether oxygens (including phenoxy) is 3. The van der Waals surface area contributed by atoms with Crippen molar-refractivity contribution in [2.45, 2.75) is 232 Å². The van der Waals surface area contributed by atoms with Crippen molar-refractivity contribution in [1.29, 1.82) is 0 Å². The third-order valence-corrected chi connectivity index (χ3v) is 10.0. The minimum atomic E-state index is -0.0213. The van der Waals surface area contributed by atoms with Crippen LogP contribution in [0.25, 0.3) is 0 Å². The van der Waals surface area contributed by atoms with Crippen molar-refractivity contribution in [2.75, 3.05) is 19.8 Å². The minimum absolute atomic E-state index is 0.0213. The maximum absolute atomic E-state index is 8.64. The lowest BCUT2D eigenvalue weighted by Gasteiger charge is -2.14. The van der Waals surface area contributed by atoms with Crippen LogP contribution >= 0.6 is 0 Å². The molecule has 4 nitrogen and oxygen atoms in total. The normalized spacial score (nSPS) is 15.8. The van der Waals surface area contributed by atoms with E-state index in [-0.39, 0.29) is 12.4 Å². The van der Waals surface area contributed by atoms with E-state index in [1.807, 2.05) is 18.2 Å². The zero-order valence-electron chi connectivity index (χ0n) is 33.0. The minimum Gasteiger partial charge on any atom is -0.396 e. The van der Waals surface area contributed by atoms with Crippen LogP contribution in [-0.2, 0) is 20.8 Å². The van der Waals surface area contributed by atoms with Gasteiger partial charge in [0.05, 0.1) is 19.3 Å². The number of aliphatic hydroxyl groups excluding tert-OH is 1. The van der Waals surface area contributed by atoms with Crippen LogP contribution < -0.4 is 0 Å². The zero-order valence-corrected chi connectivity index (χ0v) is 33.0. The van der Waals surface area contributed by atoms with Crippen molar-refractivity contribution >= 4 is 0 Å². The van der Waals surface area contributed by atoms with Gasteiger partial charge >= 0.3 is 0 Å². The molecule has 1 heterocycles. The lowest BCUT2D eigenvalue weighted by atomic mass is 10.0. The molecule has 1 saturated heterocycles. The first-order chi connectivity index (χ1) is 24.3. The molecule has 1 fully saturated rings. The number of hydrogen-bond acceptors (Lipinski definition) is 4. The molecule has 1 aromatic carbocycles. The fourth-order valence-electron chi connectivity index (χ4n) is 6.79. The summed E-state index contributed by atoms with van der Waals surface area (Å²) in [5, 5.41) is 8.64. The standard InChI is InChI=1S/C29H50O3.C16H34O/c1-2-3-4-5-6-7-8-9-10-11-12-13-14-15-19-24-31-29-23-22-28(32-29)26-30-25-27-20-17-16-18-21-27;1-2-3-4-5-6-7-8-9-10-11-12-13-14-15-16-17/h16-18,20-21,28-29H,2-15,19,22-26H2,1H3;17H,2-16H2,1H3. The molecule has 0 spiro atoms. The fraction of sp³-hybridized carbons (Fsp3) is 0.867. The molecule has 0 aliphatic carbocycles. The number of aliphatic hydroxyl groups is 1. The molecule has 0 bridgehead atoms. The summed E-state index contributed by atoms with van der Waals surface area (Å²) in [7, 11) is 0. The third-order valence-electron chi connectivity index (χ3n) is 10.0. The van der Waals surface area contributed by atoms with E-state index in [2.05, 4.69) is 26.0 Å². The van der Waals surface area contributed by atoms with Gasteiger partial charge in [-0.15, -0.1) is 0 Å². The smallest absolute Gasteiger partial charge is 0.158 e. The Bertz CT molecular complexity index is 727. The first-order valence-corrected chi connectivity index (χ1v) is 21.8. The van der Waals surface area contributed by atoms with Gasteiger partial charge in [-0.1, -0.05) is 218 Å². The number of unbranched alkanes of at least 4 members (excludes halogenated alkanes) is 27.